The van der Waals surface area contributed by atoms with Gasteiger partial charge in [0, 0.05) is 18.2 Å². The third-order valence-electron chi connectivity index (χ3n) is 4.05. The van der Waals surface area contributed by atoms with E-state index in [0.29, 0.717) is 23.8 Å². The van der Waals surface area contributed by atoms with Gasteiger partial charge in [-0.15, -0.1) is 0 Å². The van der Waals surface area contributed by atoms with E-state index in [-0.39, 0.29) is 17.7 Å². The molecule has 0 aliphatic heterocycles. The van der Waals surface area contributed by atoms with Gasteiger partial charge >= 0.3 is 0 Å². The molecule has 0 saturated carbocycles. The number of nitrogens with zero attached hydrogens (tertiary/aromatic N) is 2. The van der Waals surface area contributed by atoms with Gasteiger partial charge in [-0.25, -0.2) is 9.97 Å². The van der Waals surface area contributed by atoms with Gasteiger partial charge in [0.15, 0.2) is 0 Å². The molecule has 3 rings (SSSR count). The predicted octanol–water partition coefficient (Wildman–Crippen LogP) is 4.14. The number of nitrogens with one attached hydrogen (secondary N) is 2. The fourth-order valence-corrected chi connectivity index (χ4v) is 2.73. The summed E-state index contributed by atoms with van der Waals surface area (Å²) in [6.45, 7) is 4.37. The van der Waals surface area contributed by atoms with Crippen LogP contribution in [0.1, 0.15) is 29.9 Å². The molecule has 0 atom stereocenters. The summed E-state index contributed by atoms with van der Waals surface area (Å²) >= 11 is 0. The van der Waals surface area contributed by atoms with Gasteiger partial charge in [0.05, 0.1) is 18.9 Å². The molecule has 2 N–H and O–H groups in total. The van der Waals surface area contributed by atoms with Crippen molar-refractivity contribution >= 4 is 17.4 Å². The molecular formula is C22H24N4O3. The summed E-state index contributed by atoms with van der Waals surface area (Å²) in [5, 5.41) is 6.05. The maximum Gasteiger partial charge on any atom is 0.274 e. The zero-order valence-electron chi connectivity index (χ0n) is 16.7. The van der Waals surface area contributed by atoms with Crippen molar-refractivity contribution in [3.8, 4) is 11.5 Å². The Morgan fingerprint density at radius 1 is 1.03 bits per heavy atom. The van der Waals surface area contributed by atoms with Gasteiger partial charge in [-0.3, -0.25) is 4.79 Å². The Hall–Kier alpha value is -3.61. The van der Waals surface area contributed by atoms with Gasteiger partial charge in [-0.05, 0) is 32.0 Å². The summed E-state index contributed by atoms with van der Waals surface area (Å²) in [6.07, 6.45) is 1.36. The van der Waals surface area contributed by atoms with E-state index in [1.165, 1.54) is 6.33 Å². The second-order valence-electron chi connectivity index (χ2n) is 6.57. The maximum atomic E-state index is 12.7. The van der Waals surface area contributed by atoms with Crippen LogP contribution < -0.4 is 20.1 Å². The van der Waals surface area contributed by atoms with E-state index in [1.54, 1.807) is 19.2 Å². The van der Waals surface area contributed by atoms with Crippen molar-refractivity contribution in [3.05, 3.63) is 72.2 Å². The molecule has 0 saturated heterocycles. The van der Waals surface area contributed by atoms with Crippen molar-refractivity contribution in [2.45, 2.75) is 26.5 Å². The molecule has 0 radical (unpaired) electrons. The summed E-state index contributed by atoms with van der Waals surface area (Å²) in [5.41, 5.74) is 1.83. The quantitative estimate of drug-likeness (QED) is 0.599. The standard InChI is InChI=1S/C22H24N4O3/c1-15(2)29-20-11-7-5-9-17(20)26-22(27)18-12-21(25-14-24-18)23-13-16-8-4-6-10-19(16)28-3/h4-12,14-15H,13H2,1-3H3,(H,26,27)(H,23,24,25). The van der Waals surface area contributed by atoms with Gasteiger partial charge in [-0.2, -0.15) is 0 Å². The molecule has 0 aliphatic rings. The molecule has 29 heavy (non-hydrogen) atoms. The number of rotatable bonds is 8. The van der Waals surface area contributed by atoms with Crippen molar-refractivity contribution in [1.29, 1.82) is 0 Å². The summed E-state index contributed by atoms with van der Waals surface area (Å²) in [4.78, 5) is 20.9. The first kappa shape index (κ1) is 20.1. The summed E-state index contributed by atoms with van der Waals surface area (Å²) in [7, 11) is 1.63. The number of ether oxygens (including phenoxy) is 2. The van der Waals surface area contributed by atoms with Crippen LogP contribution in [0.2, 0.25) is 0 Å². The molecule has 0 spiro atoms. The largest absolute Gasteiger partial charge is 0.496 e. The molecule has 2 aromatic carbocycles. The van der Waals surface area contributed by atoms with E-state index < -0.39 is 0 Å². The van der Waals surface area contributed by atoms with Crippen molar-refractivity contribution in [2.75, 3.05) is 17.7 Å². The van der Waals surface area contributed by atoms with Crippen LogP contribution in [-0.2, 0) is 6.54 Å². The molecule has 7 heteroatoms. The number of benzene rings is 2. The van der Waals surface area contributed by atoms with E-state index in [4.69, 9.17) is 9.47 Å². The molecule has 0 fully saturated rings. The van der Waals surface area contributed by atoms with Crippen LogP contribution in [0.3, 0.4) is 0 Å². The highest BCUT2D eigenvalue weighted by Crippen LogP contribution is 2.25. The number of para-hydroxylation sites is 3. The normalized spacial score (nSPS) is 10.5. The molecular weight excluding hydrogens is 368 g/mol. The maximum absolute atomic E-state index is 12.7. The SMILES string of the molecule is COc1ccccc1CNc1cc(C(=O)Nc2ccccc2OC(C)C)ncn1. The van der Waals surface area contributed by atoms with Crippen LogP contribution in [0.15, 0.2) is 60.9 Å². The fraction of sp³-hybridized carbons (Fsp3) is 0.227. The fourth-order valence-electron chi connectivity index (χ4n) is 2.73. The second kappa shape index (κ2) is 9.54. The predicted molar refractivity (Wildman–Crippen MR) is 113 cm³/mol. The lowest BCUT2D eigenvalue weighted by atomic mass is 10.2. The molecule has 150 valence electrons. The Bertz CT molecular complexity index is 976. The van der Waals surface area contributed by atoms with Crippen LogP contribution in [-0.4, -0.2) is 29.1 Å². The van der Waals surface area contributed by atoms with E-state index >= 15 is 0 Å². The van der Waals surface area contributed by atoms with Crippen molar-refractivity contribution in [2.24, 2.45) is 0 Å². The first-order valence-electron chi connectivity index (χ1n) is 9.31. The molecule has 1 amide bonds. The average Bonchev–Trinajstić information content (AvgIpc) is 2.73. The number of amides is 1. The van der Waals surface area contributed by atoms with Crippen LogP contribution in [0.5, 0.6) is 11.5 Å². The number of carbonyl (C=O) groups is 1. The minimum absolute atomic E-state index is 0.00196. The number of anilines is 2. The smallest absolute Gasteiger partial charge is 0.274 e. The Morgan fingerprint density at radius 3 is 2.52 bits per heavy atom. The summed E-state index contributed by atoms with van der Waals surface area (Å²) in [5.74, 6) is 1.60. The Balaban J connectivity index is 1.70. The molecule has 0 unspecified atom stereocenters. The summed E-state index contributed by atoms with van der Waals surface area (Å²) < 4.78 is 11.1. The van der Waals surface area contributed by atoms with Crippen LogP contribution >= 0.6 is 0 Å². The third-order valence-corrected chi connectivity index (χ3v) is 4.05. The molecule has 1 aromatic heterocycles. The van der Waals surface area contributed by atoms with Crippen molar-refractivity contribution < 1.29 is 14.3 Å². The van der Waals surface area contributed by atoms with Crippen LogP contribution in [0.4, 0.5) is 11.5 Å². The van der Waals surface area contributed by atoms with E-state index in [1.807, 2.05) is 56.3 Å². The zero-order valence-corrected chi connectivity index (χ0v) is 16.7. The van der Waals surface area contributed by atoms with Gasteiger partial charge in [0.2, 0.25) is 0 Å². The average molecular weight is 392 g/mol. The molecule has 1 heterocycles. The van der Waals surface area contributed by atoms with Gasteiger partial charge < -0.3 is 20.1 Å². The van der Waals surface area contributed by atoms with Crippen LogP contribution in [0, 0.1) is 0 Å². The highest BCUT2D eigenvalue weighted by Gasteiger charge is 2.13. The number of aromatic nitrogens is 2. The van der Waals surface area contributed by atoms with Gasteiger partial charge in [0.1, 0.15) is 29.3 Å². The highest BCUT2D eigenvalue weighted by atomic mass is 16.5. The van der Waals surface area contributed by atoms with E-state index in [0.717, 1.165) is 11.3 Å². The topological polar surface area (TPSA) is 85.4 Å². The lowest BCUT2D eigenvalue weighted by Crippen LogP contribution is -2.16. The number of hydrogen-bond acceptors (Lipinski definition) is 6. The van der Waals surface area contributed by atoms with Crippen LogP contribution in [0.25, 0.3) is 0 Å². The second-order valence-corrected chi connectivity index (χ2v) is 6.57. The van der Waals surface area contributed by atoms with Gasteiger partial charge in [-0.1, -0.05) is 30.3 Å². The zero-order chi connectivity index (χ0) is 20.6. The molecule has 7 nitrogen and oxygen atoms in total. The minimum Gasteiger partial charge on any atom is -0.496 e. The van der Waals surface area contributed by atoms with Gasteiger partial charge in [0.25, 0.3) is 5.91 Å². The lowest BCUT2D eigenvalue weighted by Gasteiger charge is -2.14. The van der Waals surface area contributed by atoms with Crippen molar-refractivity contribution in [1.82, 2.24) is 9.97 Å². The highest BCUT2D eigenvalue weighted by molar-refractivity contribution is 6.04. The third kappa shape index (κ3) is 5.44. The van der Waals surface area contributed by atoms with E-state index in [2.05, 4.69) is 20.6 Å². The number of hydrogen-bond donors (Lipinski definition) is 2. The molecule has 0 bridgehead atoms. The molecule has 3 aromatic rings. The Kier molecular flexibility index (Phi) is 6.63. The Labute approximate surface area is 170 Å². The summed E-state index contributed by atoms with van der Waals surface area (Å²) in [6, 6.07) is 16.6. The first-order chi connectivity index (χ1) is 14.1. The number of methoxy groups -OCH3 is 1. The van der Waals surface area contributed by atoms with Crippen molar-refractivity contribution in [3.63, 3.8) is 0 Å². The lowest BCUT2D eigenvalue weighted by molar-refractivity contribution is 0.102. The first-order valence-corrected chi connectivity index (χ1v) is 9.31. The van der Waals surface area contributed by atoms with E-state index in [9.17, 15) is 4.79 Å². The number of carbonyl (C=O) groups excluding carboxylic acids is 1. The minimum atomic E-state index is -0.340. The molecule has 0 aliphatic carbocycles. The Morgan fingerprint density at radius 2 is 1.76 bits per heavy atom. The monoisotopic (exact) mass is 392 g/mol.